The first-order valence-corrected chi connectivity index (χ1v) is 6.44. The zero-order chi connectivity index (χ0) is 13.4. The van der Waals surface area contributed by atoms with Gasteiger partial charge in [0.25, 0.3) is 0 Å². The van der Waals surface area contributed by atoms with Crippen LogP contribution in [0.4, 0.5) is 0 Å². The van der Waals surface area contributed by atoms with Crippen molar-refractivity contribution in [2.45, 2.75) is 11.8 Å². The van der Waals surface area contributed by atoms with Crippen LogP contribution in [0.2, 0.25) is 0 Å². The second kappa shape index (κ2) is 7.60. The molecule has 0 unspecified atom stereocenters. The molecule has 0 heterocycles. The molecular weight excluding hydrogens is 254 g/mol. The second-order valence-corrected chi connectivity index (χ2v) is 4.41. The number of carboxylic acid groups (broad SMARTS) is 1. The molecule has 2 N–H and O–H groups in total. The van der Waals surface area contributed by atoms with Crippen molar-refractivity contribution in [3.8, 4) is 5.75 Å². The topological polar surface area (TPSA) is 75.6 Å². The summed E-state index contributed by atoms with van der Waals surface area (Å²) in [6, 6.07) is 7.39. The van der Waals surface area contributed by atoms with Gasteiger partial charge < -0.3 is 15.2 Å². The van der Waals surface area contributed by atoms with Crippen molar-refractivity contribution >= 4 is 23.6 Å². The number of carboxylic acids is 1. The predicted octanol–water partition coefficient (Wildman–Crippen LogP) is 1.38. The van der Waals surface area contributed by atoms with Gasteiger partial charge in [0.15, 0.2) is 0 Å². The van der Waals surface area contributed by atoms with Gasteiger partial charge in [0, 0.05) is 4.90 Å². The Hall–Kier alpha value is -1.69. The van der Waals surface area contributed by atoms with Crippen LogP contribution >= 0.6 is 11.8 Å². The average Bonchev–Trinajstić information content (AvgIpc) is 2.36. The third-order valence-corrected chi connectivity index (χ3v) is 2.95. The Labute approximate surface area is 110 Å². The molecule has 18 heavy (non-hydrogen) atoms. The second-order valence-electron chi connectivity index (χ2n) is 3.36. The van der Waals surface area contributed by atoms with E-state index < -0.39 is 5.97 Å². The highest BCUT2D eigenvalue weighted by molar-refractivity contribution is 8.00. The van der Waals surface area contributed by atoms with E-state index in [1.807, 2.05) is 31.2 Å². The maximum Gasteiger partial charge on any atom is 0.322 e. The number of hydrogen-bond acceptors (Lipinski definition) is 4. The molecule has 6 heteroatoms. The summed E-state index contributed by atoms with van der Waals surface area (Å²) in [6.45, 7) is 2.18. The Morgan fingerprint density at radius 2 is 2.00 bits per heavy atom. The summed E-state index contributed by atoms with van der Waals surface area (Å²) >= 11 is 1.35. The smallest absolute Gasteiger partial charge is 0.322 e. The van der Waals surface area contributed by atoms with Crippen molar-refractivity contribution in [3.05, 3.63) is 24.3 Å². The Balaban J connectivity index is 2.34. The molecule has 0 aliphatic carbocycles. The van der Waals surface area contributed by atoms with Gasteiger partial charge >= 0.3 is 5.97 Å². The summed E-state index contributed by atoms with van der Waals surface area (Å²) < 4.78 is 5.30. The molecule has 1 rings (SSSR count). The van der Waals surface area contributed by atoms with Crippen LogP contribution < -0.4 is 10.1 Å². The number of amides is 1. The Kier molecular flexibility index (Phi) is 6.07. The largest absolute Gasteiger partial charge is 0.494 e. The summed E-state index contributed by atoms with van der Waals surface area (Å²) in [5.74, 6) is -0.357. The molecule has 1 aromatic carbocycles. The molecule has 0 aromatic heterocycles. The maximum atomic E-state index is 11.3. The van der Waals surface area contributed by atoms with E-state index in [9.17, 15) is 9.59 Å². The van der Waals surface area contributed by atoms with Crippen molar-refractivity contribution in [2.75, 3.05) is 18.9 Å². The molecule has 0 aliphatic rings. The third-order valence-electron chi connectivity index (χ3n) is 1.94. The highest BCUT2D eigenvalue weighted by Crippen LogP contribution is 2.21. The van der Waals surface area contributed by atoms with Crippen molar-refractivity contribution in [1.82, 2.24) is 5.32 Å². The van der Waals surface area contributed by atoms with Crippen molar-refractivity contribution in [3.63, 3.8) is 0 Å². The SMILES string of the molecule is CCOc1ccc(SCC(=O)NCC(=O)O)cc1. The first-order valence-electron chi connectivity index (χ1n) is 5.46. The first-order chi connectivity index (χ1) is 8.61. The lowest BCUT2D eigenvalue weighted by Crippen LogP contribution is -2.30. The van der Waals surface area contributed by atoms with E-state index in [1.165, 1.54) is 11.8 Å². The molecular formula is C12H15NO4S. The van der Waals surface area contributed by atoms with E-state index in [0.29, 0.717) is 6.61 Å². The fourth-order valence-corrected chi connectivity index (χ4v) is 1.90. The van der Waals surface area contributed by atoms with Gasteiger partial charge in [0.05, 0.1) is 12.4 Å². The van der Waals surface area contributed by atoms with E-state index in [4.69, 9.17) is 9.84 Å². The zero-order valence-corrected chi connectivity index (χ0v) is 10.8. The van der Waals surface area contributed by atoms with Crippen LogP contribution in [-0.2, 0) is 9.59 Å². The van der Waals surface area contributed by atoms with Gasteiger partial charge in [0.2, 0.25) is 5.91 Å². The number of carbonyl (C=O) groups is 2. The van der Waals surface area contributed by atoms with Crippen LogP contribution in [0.15, 0.2) is 29.2 Å². The fourth-order valence-electron chi connectivity index (χ4n) is 1.17. The third kappa shape index (κ3) is 5.58. The lowest BCUT2D eigenvalue weighted by molar-refractivity contribution is -0.137. The lowest BCUT2D eigenvalue weighted by atomic mass is 10.3. The molecule has 0 atom stereocenters. The first kappa shape index (κ1) is 14.4. The standard InChI is InChI=1S/C12H15NO4S/c1-2-17-9-3-5-10(6-4-9)18-8-11(14)13-7-12(15)16/h3-6H,2,7-8H2,1H3,(H,13,14)(H,15,16). The molecule has 0 radical (unpaired) electrons. The van der Waals surface area contributed by atoms with E-state index in [2.05, 4.69) is 5.32 Å². The molecule has 0 fully saturated rings. The van der Waals surface area contributed by atoms with E-state index >= 15 is 0 Å². The number of nitrogens with one attached hydrogen (secondary N) is 1. The number of ether oxygens (including phenoxy) is 1. The van der Waals surface area contributed by atoms with Gasteiger partial charge in [-0.15, -0.1) is 11.8 Å². The molecule has 0 spiro atoms. The predicted molar refractivity (Wildman–Crippen MR) is 69.0 cm³/mol. The van der Waals surface area contributed by atoms with Crippen LogP contribution in [0.3, 0.4) is 0 Å². The van der Waals surface area contributed by atoms with Crippen molar-refractivity contribution in [2.24, 2.45) is 0 Å². The van der Waals surface area contributed by atoms with E-state index in [0.717, 1.165) is 10.6 Å². The molecule has 0 saturated heterocycles. The van der Waals surface area contributed by atoms with Gasteiger partial charge in [-0.2, -0.15) is 0 Å². The molecule has 5 nitrogen and oxygen atoms in total. The Morgan fingerprint density at radius 3 is 2.56 bits per heavy atom. The van der Waals surface area contributed by atoms with E-state index in [1.54, 1.807) is 0 Å². The highest BCUT2D eigenvalue weighted by atomic mass is 32.2. The highest BCUT2D eigenvalue weighted by Gasteiger charge is 2.04. The van der Waals surface area contributed by atoms with Crippen LogP contribution in [0.25, 0.3) is 0 Å². The zero-order valence-electron chi connectivity index (χ0n) is 10.0. The van der Waals surface area contributed by atoms with Crippen LogP contribution in [0.1, 0.15) is 6.92 Å². The molecule has 1 amide bonds. The van der Waals surface area contributed by atoms with Crippen molar-refractivity contribution < 1.29 is 19.4 Å². The van der Waals surface area contributed by atoms with Gasteiger partial charge in [-0.05, 0) is 31.2 Å². The summed E-state index contributed by atoms with van der Waals surface area (Å²) in [6.07, 6.45) is 0. The fraction of sp³-hybridized carbons (Fsp3) is 0.333. The lowest BCUT2D eigenvalue weighted by Gasteiger charge is -2.05. The summed E-state index contributed by atoms with van der Waals surface area (Å²) in [5, 5.41) is 10.7. The van der Waals surface area contributed by atoms with Crippen LogP contribution in [0.5, 0.6) is 5.75 Å². The molecule has 0 aliphatic heterocycles. The maximum absolute atomic E-state index is 11.3. The molecule has 1 aromatic rings. The summed E-state index contributed by atoms with van der Waals surface area (Å²) in [5.41, 5.74) is 0. The van der Waals surface area contributed by atoms with Crippen LogP contribution in [0, 0.1) is 0 Å². The number of benzene rings is 1. The minimum atomic E-state index is -1.05. The number of hydrogen-bond donors (Lipinski definition) is 2. The van der Waals surface area contributed by atoms with Crippen LogP contribution in [-0.4, -0.2) is 35.9 Å². The minimum Gasteiger partial charge on any atom is -0.494 e. The quantitative estimate of drug-likeness (QED) is 0.731. The Morgan fingerprint density at radius 1 is 1.33 bits per heavy atom. The number of rotatable bonds is 7. The monoisotopic (exact) mass is 269 g/mol. The minimum absolute atomic E-state index is 0.196. The summed E-state index contributed by atoms with van der Waals surface area (Å²) in [7, 11) is 0. The van der Waals surface area contributed by atoms with Gasteiger partial charge in [-0.25, -0.2) is 0 Å². The molecule has 0 saturated carbocycles. The molecule has 98 valence electrons. The van der Waals surface area contributed by atoms with E-state index in [-0.39, 0.29) is 18.2 Å². The number of thioether (sulfide) groups is 1. The van der Waals surface area contributed by atoms with Gasteiger partial charge in [-0.1, -0.05) is 0 Å². The number of carbonyl (C=O) groups excluding carboxylic acids is 1. The number of aliphatic carboxylic acids is 1. The average molecular weight is 269 g/mol. The van der Waals surface area contributed by atoms with Crippen molar-refractivity contribution in [1.29, 1.82) is 0 Å². The Bertz CT molecular complexity index is 405. The normalized spacial score (nSPS) is 9.83. The van der Waals surface area contributed by atoms with Gasteiger partial charge in [0.1, 0.15) is 12.3 Å². The van der Waals surface area contributed by atoms with Gasteiger partial charge in [-0.3, -0.25) is 9.59 Å². The molecule has 0 bridgehead atoms. The summed E-state index contributed by atoms with van der Waals surface area (Å²) in [4.78, 5) is 22.4.